The van der Waals surface area contributed by atoms with E-state index in [0.717, 1.165) is 31.2 Å². The first-order valence-corrected chi connectivity index (χ1v) is 7.60. The lowest BCUT2D eigenvalue weighted by Gasteiger charge is -2.26. The molecule has 1 N–H and O–H groups in total. The summed E-state index contributed by atoms with van der Waals surface area (Å²) in [4.78, 5) is 14.3. The summed E-state index contributed by atoms with van der Waals surface area (Å²) in [5.41, 5.74) is 0.255. The van der Waals surface area contributed by atoms with E-state index < -0.39 is 0 Å². The lowest BCUT2D eigenvalue weighted by molar-refractivity contribution is 0.0775. The molecular formula is C13H22N4OS. The van der Waals surface area contributed by atoms with Crippen LogP contribution >= 0.6 is 11.3 Å². The van der Waals surface area contributed by atoms with Crippen LogP contribution in [0.15, 0.2) is 0 Å². The van der Waals surface area contributed by atoms with Gasteiger partial charge in [-0.3, -0.25) is 4.79 Å². The number of anilines is 1. The SMILES string of the molecule is CCNc1nnc(C(=O)N2CCC(C(C)(C)C)C2)s1. The predicted octanol–water partition coefficient (Wildman–Crippen LogP) is 2.48. The van der Waals surface area contributed by atoms with Gasteiger partial charge < -0.3 is 10.2 Å². The zero-order valence-corrected chi connectivity index (χ0v) is 12.9. The van der Waals surface area contributed by atoms with Crippen molar-refractivity contribution in [1.29, 1.82) is 0 Å². The number of aromatic nitrogens is 2. The number of nitrogens with one attached hydrogen (secondary N) is 1. The highest BCUT2D eigenvalue weighted by molar-refractivity contribution is 7.17. The fraction of sp³-hybridized carbons (Fsp3) is 0.769. The van der Waals surface area contributed by atoms with Gasteiger partial charge in [0.2, 0.25) is 10.1 Å². The van der Waals surface area contributed by atoms with Gasteiger partial charge in [-0.25, -0.2) is 0 Å². The Kier molecular flexibility index (Phi) is 4.08. The third kappa shape index (κ3) is 3.23. The number of carbonyl (C=O) groups is 1. The van der Waals surface area contributed by atoms with E-state index in [0.29, 0.717) is 10.9 Å². The van der Waals surface area contributed by atoms with E-state index in [1.165, 1.54) is 11.3 Å². The molecule has 2 rings (SSSR count). The summed E-state index contributed by atoms with van der Waals surface area (Å²) in [7, 11) is 0. The summed E-state index contributed by atoms with van der Waals surface area (Å²) >= 11 is 1.34. The molecule has 0 aromatic carbocycles. The van der Waals surface area contributed by atoms with Crippen molar-refractivity contribution in [3.63, 3.8) is 0 Å². The van der Waals surface area contributed by atoms with E-state index in [-0.39, 0.29) is 11.3 Å². The van der Waals surface area contributed by atoms with Gasteiger partial charge in [0.05, 0.1) is 0 Å². The average molecular weight is 282 g/mol. The predicted molar refractivity (Wildman–Crippen MR) is 77.5 cm³/mol. The molecule has 0 aliphatic carbocycles. The van der Waals surface area contributed by atoms with Crippen molar-refractivity contribution in [2.24, 2.45) is 11.3 Å². The minimum atomic E-state index is 0.0217. The second-order valence-electron chi connectivity index (χ2n) is 6.05. The number of amides is 1. The van der Waals surface area contributed by atoms with Crippen molar-refractivity contribution in [1.82, 2.24) is 15.1 Å². The first kappa shape index (κ1) is 14.2. The van der Waals surface area contributed by atoms with Crippen molar-refractivity contribution in [3.05, 3.63) is 5.01 Å². The zero-order chi connectivity index (χ0) is 14.0. The molecule has 0 spiro atoms. The minimum Gasteiger partial charge on any atom is -0.360 e. The van der Waals surface area contributed by atoms with Gasteiger partial charge in [0.15, 0.2) is 0 Å². The number of nitrogens with zero attached hydrogens (tertiary/aromatic N) is 3. The Bertz CT molecular complexity index is 452. The number of hydrogen-bond acceptors (Lipinski definition) is 5. The first-order chi connectivity index (χ1) is 8.91. The third-order valence-electron chi connectivity index (χ3n) is 3.64. The highest BCUT2D eigenvalue weighted by atomic mass is 32.1. The molecule has 1 aromatic heterocycles. The van der Waals surface area contributed by atoms with Gasteiger partial charge in [-0.1, -0.05) is 32.1 Å². The smallest absolute Gasteiger partial charge is 0.284 e. The second-order valence-corrected chi connectivity index (χ2v) is 7.02. The maximum absolute atomic E-state index is 12.3. The van der Waals surface area contributed by atoms with Gasteiger partial charge in [0, 0.05) is 19.6 Å². The summed E-state index contributed by atoms with van der Waals surface area (Å²) in [6, 6.07) is 0. The van der Waals surface area contributed by atoms with Crippen LogP contribution in [-0.4, -0.2) is 40.6 Å². The molecule has 1 amide bonds. The summed E-state index contributed by atoms with van der Waals surface area (Å²) < 4.78 is 0. The lowest BCUT2D eigenvalue weighted by atomic mass is 9.80. The monoisotopic (exact) mass is 282 g/mol. The van der Waals surface area contributed by atoms with Gasteiger partial charge in [-0.15, -0.1) is 10.2 Å². The van der Waals surface area contributed by atoms with E-state index >= 15 is 0 Å². The highest BCUT2D eigenvalue weighted by Gasteiger charge is 2.35. The molecule has 1 aliphatic heterocycles. The lowest BCUT2D eigenvalue weighted by Crippen LogP contribution is -2.31. The maximum Gasteiger partial charge on any atom is 0.284 e. The molecule has 1 fully saturated rings. The summed E-state index contributed by atoms with van der Waals surface area (Å²) in [6.45, 7) is 11.2. The Morgan fingerprint density at radius 3 is 2.79 bits per heavy atom. The summed E-state index contributed by atoms with van der Waals surface area (Å²) in [6.07, 6.45) is 1.08. The zero-order valence-electron chi connectivity index (χ0n) is 12.1. The molecule has 19 heavy (non-hydrogen) atoms. The van der Waals surface area contributed by atoms with Crippen LogP contribution in [-0.2, 0) is 0 Å². The van der Waals surface area contributed by atoms with E-state index in [1.807, 2.05) is 11.8 Å². The van der Waals surface area contributed by atoms with E-state index in [1.54, 1.807) is 0 Å². The molecule has 1 aliphatic rings. The molecule has 1 saturated heterocycles. The van der Waals surface area contributed by atoms with Gasteiger partial charge in [-0.2, -0.15) is 0 Å². The van der Waals surface area contributed by atoms with Crippen LogP contribution in [0.5, 0.6) is 0 Å². The molecule has 1 atom stereocenters. The topological polar surface area (TPSA) is 58.1 Å². The van der Waals surface area contributed by atoms with Gasteiger partial charge >= 0.3 is 0 Å². The van der Waals surface area contributed by atoms with Crippen LogP contribution in [0.3, 0.4) is 0 Å². The van der Waals surface area contributed by atoms with Gasteiger partial charge in [-0.05, 0) is 24.7 Å². The fourth-order valence-electron chi connectivity index (χ4n) is 2.32. The molecule has 1 aromatic rings. The van der Waals surface area contributed by atoms with Crippen molar-refractivity contribution in [2.45, 2.75) is 34.1 Å². The molecular weight excluding hydrogens is 260 g/mol. The minimum absolute atomic E-state index is 0.0217. The van der Waals surface area contributed by atoms with E-state index in [4.69, 9.17) is 0 Å². The molecule has 6 heteroatoms. The maximum atomic E-state index is 12.3. The van der Waals surface area contributed by atoms with Crippen molar-refractivity contribution >= 4 is 22.4 Å². The number of hydrogen-bond donors (Lipinski definition) is 1. The molecule has 1 unspecified atom stereocenters. The average Bonchev–Trinajstić information content (AvgIpc) is 2.96. The van der Waals surface area contributed by atoms with Crippen LogP contribution in [0.4, 0.5) is 5.13 Å². The largest absolute Gasteiger partial charge is 0.360 e. The molecule has 0 saturated carbocycles. The van der Waals surface area contributed by atoms with Crippen LogP contribution in [0.1, 0.15) is 43.9 Å². The van der Waals surface area contributed by atoms with Crippen LogP contribution in [0.2, 0.25) is 0 Å². The molecule has 2 heterocycles. The summed E-state index contributed by atoms with van der Waals surface area (Å²) in [5, 5.41) is 12.2. The molecule has 0 radical (unpaired) electrons. The Balaban J connectivity index is 2.00. The number of rotatable bonds is 3. The fourth-order valence-corrected chi connectivity index (χ4v) is 3.10. The van der Waals surface area contributed by atoms with Crippen molar-refractivity contribution < 1.29 is 4.79 Å². The molecule has 5 nitrogen and oxygen atoms in total. The van der Waals surface area contributed by atoms with Crippen molar-refractivity contribution in [2.75, 3.05) is 25.0 Å². The number of likely N-dealkylation sites (tertiary alicyclic amines) is 1. The van der Waals surface area contributed by atoms with Crippen LogP contribution in [0.25, 0.3) is 0 Å². The van der Waals surface area contributed by atoms with Gasteiger partial charge in [0.25, 0.3) is 5.91 Å². The Morgan fingerprint density at radius 2 is 2.21 bits per heavy atom. The van der Waals surface area contributed by atoms with Gasteiger partial charge in [0.1, 0.15) is 0 Å². The molecule has 106 valence electrons. The Hall–Kier alpha value is -1.17. The number of carbonyl (C=O) groups excluding carboxylic acids is 1. The van der Waals surface area contributed by atoms with Crippen molar-refractivity contribution in [3.8, 4) is 0 Å². The van der Waals surface area contributed by atoms with E-state index in [9.17, 15) is 4.79 Å². The Morgan fingerprint density at radius 1 is 1.47 bits per heavy atom. The van der Waals surface area contributed by atoms with Crippen LogP contribution in [0, 0.1) is 11.3 Å². The first-order valence-electron chi connectivity index (χ1n) is 6.78. The van der Waals surface area contributed by atoms with Crippen LogP contribution < -0.4 is 5.32 Å². The Labute approximate surface area is 118 Å². The second kappa shape index (κ2) is 5.45. The quantitative estimate of drug-likeness (QED) is 0.925. The third-order valence-corrected chi connectivity index (χ3v) is 4.51. The summed E-state index contributed by atoms with van der Waals surface area (Å²) in [5.74, 6) is 0.589. The highest BCUT2D eigenvalue weighted by Crippen LogP contribution is 2.34. The molecule has 0 bridgehead atoms. The standard InChI is InChI=1S/C13H22N4OS/c1-5-14-12-16-15-10(19-12)11(18)17-7-6-9(8-17)13(2,3)4/h9H,5-8H2,1-4H3,(H,14,16). The normalized spacial score (nSPS) is 19.8. The van der Waals surface area contributed by atoms with E-state index in [2.05, 4.69) is 36.3 Å².